The number of aldehydes is 1. The minimum Gasteiger partial charge on any atom is -0.361 e. The van der Waals surface area contributed by atoms with E-state index in [1.807, 2.05) is 30.3 Å². The quantitative estimate of drug-likeness (QED) is 0.429. The Balaban J connectivity index is 1.92. The highest BCUT2D eigenvalue weighted by atomic mass is 16.5. The maximum Gasteiger partial charge on any atom is 0.255 e. The van der Waals surface area contributed by atoms with Gasteiger partial charge in [-0.2, -0.15) is 0 Å². The number of nitrogens with zero attached hydrogens (tertiary/aromatic N) is 1. The van der Waals surface area contributed by atoms with Gasteiger partial charge in [-0.1, -0.05) is 36.4 Å². The molecule has 18 heavy (non-hydrogen) atoms. The number of likely N-dealkylation sites (tertiary alicyclic amines) is 1. The third-order valence-corrected chi connectivity index (χ3v) is 2.93. The lowest BCUT2D eigenvalue weighted by Gasteiger charge is -2.43. The van der Waals surface area contributed by atoms with Crippen LogP contribution in [-0.2, 0) is 20.9 Å². The van der Waals surface area contributed by atoms with E-state index in [0.29, 0.717) is 13.2 Å². The zero-order valence-electron chi connectivity index (χ0n) is 9.99. The smallest absolute Gasteiger partial charge is 0.255 e. The molecule has 0 aliphatic carbocycles. The van der Waals surface area contributed by atoms with Gasteiger partial charge < -0.3 is 14.4 Å². The van der Waals surface area contributed by atoms with E-state index < -0.39 is 12.1 Å². The van der Waals surface area contributed by atoms with Gasteiger partial charge in [0, 0.05) is 6.54 Å². The molecule has 1 saturated heterocycles. The summed E-state index contributed by atoms with van der Waals surface area (Å²) in [5.41, 5.74) is 0.983. The van der Waals surface area contributed by atoms with Crippen LogP contribution in [0.2, 0.25) is 0 Å². The van der Waals surface area contributed by atoms with Gasteiger partial charge in [0.1, 0.15) is 12.3 Å². The monoisotopic (exact) mass is 245 g/mol. The third kappa shape index (κ3) is 2.33. The van der Waals surface area contributed by atoms with E-state index in [1.54, 1.807) is 6.08 Å². The Bertz CT molecular complexity index is 444. The van der Waals surface area contributed by atoms with E-state index in [4.69, 9.17) is 4.74 Å². The van der Waals surface area contributed by atoms with E-state index in [0.717, 1.165) is 11.8 Å². The van der Waals surface area contributed by atoms with Crippen LogP contribution in [0.4, 0.5) is 0 Å². The normalized spacial score (nSPS) is 22.4. The highest BCUT2D eigenvalue weighted by Crippen LogP contribution is 2.22. The van der Waals surface area contributed by atoms with Gasteiger partial charge >= 0.3 is 0 Å². The van der Waals surface area contributed by atoms with Crippen LogP contribution in [0.5, 0.6) is 0 Å². The van der Waals surface area contributed by atoms with Gasteiger partial charge in [-0.3, -0.25) is 4.79 Å². The van der Waals surface area contributed by atoms with Crippen LogP contribution >= 0.6 is 0 Å². The first-order valence-corrected chi connectivity index (χ1v) is 5.80. The average Bonchev–Trinajstić information content (AvgIpc) is 2.42. The fourth-order valence-corrected chi connectivity index (χ4v) is 1.96. The number of carbonyl (C=O) groups excluding carboxylic acids is 2. The van der Waals surface area contributed by atoms with Crippen molar-refractivity contribution < 1.29 is 14.3 Å². The fourth-order valence-electron chi connectivity index (χ4n) is 1.96. The molecular weight excluding hydrogens is 230 g/mol. The van der Waals surface area contributed by atoms with Gasteiger partial charge in [0.05, 0.1) is 6.61 Å². The zero-order valence-corrected chi connectivity index (χ0v) is 9.99. The van der Waals surface area contributed by atoms with E-state index in [9.17, 15) is 9.59 Å². The van der Waals surface area contributed by atoms with Gasteiger partial charge in [0.25, 0.3) is 5.91 Å². The van der Waals surface area contributed by atoms with Gasteiger partial charge in [0.15, 0.2) is 6.10 Å². The Morgan fingerprint density at radius 1 is 1.33 bits per heavy atom. The molecule has 0 spiro atoms. The second-order valence-corrected chi connectivity index (χ2v) is 4.12. The van der Waals surface area contributed by atoms with Gasteiger partial charge in [-0.25, -0.2) is 0 Å². The summed E-state index contributed by atoms with van der Waals surface area (Å²) < 4.78 is 5.50. The molecule has 94 valence electrons. The molecule has 1 aliphatic heterocycles. The number of ether oxygens (including phenoxy) is 1. The topological polar surface area (TPSA) is 46.6 Å². The first-order chi connectivity index (χ1) is 8.77. The molecule has 0 radical (unpaired) electrons. The number of rotatable bonds is 6. The predicted molar refractivity (Wildman–Crippen MR) is 66.8 cm³/mol. The Labute approximate surface area is 106 Å². The summed E-state index contributed by atoms with van der Waals surface area (Å²) in [7, 11) is 0. The summed E-state index contributed by atoms with van der Waals surface area (Å²) in [6, 6.07) is 9.07. The first kappa shape index (κ1) is 12.5. The molecule has 1 aromatic rings. The molecule has 1 amide bonds. The van der Waals surface area contributed by atoms with Crippen molar-refractivity contribution in [3.63, 3.8) is 0 Å². The second kappa shape index (κ2) is 5.60. The minimum absolute atomic E-state index is 0.150. The summed E-state index contributed by atoms with van der Waals surface area (Å²) in [6.07, 6.45) is 1.70. The largest absolute Gasteiger partial charge is 0.361 e. The summed E-state index contributed by atoms with van der Waals surface area (Å²) in [6.45, 7) is 4.27. The molecule has 4 heteroatoms. The molecule has 4 nitrogen and oxygen atoms in total. The summed E-state index contributed by atoms with van der Waals surface area (Å²) in [4.78, 5) is 24.1. The average molecular weight is 245 g/mol. The molecule has 2 rings (SSSR count). The molecule has 0 aromatic heterocycles. The van der Waals surface area contributed by atoms with Crippen molar-refractivity contribution in [3.05, 3.63) is 48.6 Å². The van der Waals surface area contributed by atoms with E-state index in [1.165, 1.54) is 4.90 Å². The maximum atomic E-state index is 11.7. The molecule has 2 atom stereocenters. The molecule has 1 aromatic carbocycles. The number of carbonyl (C=O) groups is 2. The standard InChI is InChI=1S/C14H15NO3/c1-2-8-15-12(9-16)13(14(15)17)18-10-11-6-4-3-5-7-11/h2-7,9,12-13H,1,8,10H2/t12-,13+/m0/s1. The lowest BCUT2D eigenvalue weighted by molar-refractivity contribution is -0.174. The zero-order chi connectivity index (χ0) is 13.0. The number of β-lactam (4-membered cyclic amide) rings is 1. The van der Waals surface area contributed by atoms with Crippen LogP contribution in [0.15, 0.2) is 43.0 Å². The lowest BCUT2D eigenvalue weighted by atomic mass is 9.99. The van der Waals surface area contributed by atoms with Gasteiger partial charge in [-0.05, 0) is 5.56 Å². The Morgan fingerprint density at radius 2 is 2.06 bits per heavy atom. The number of amides is 1. The summed E-state index contributed by atoms with van der Waals surface area (Å²) in [5, 5.41) is 0. The van der Waals surface area contributed by atoms with E-state index in [2.05, 4.69) is 6.58 Å². The maximum absolute atomic E-state index is 11.7. The third-order valence-electron chi connectivity index (χ3n) is 2.93. The van der Waals surface area contributed by atoms with Crippen LogP contribution in [0.25, 0.3) is 0 Å². The van der Waals surface area contributed by atoms with Crippen LogP contribution in [0.1, 0.15) is 5.56 Å². The highest BCUT2D eigenvalue weighted by molar-refractivity contribution is 5.95. The fraction of sp³-hybridized carbons (Fsp3) is 0.286. The highest BCUT2D eigenvalue weighted by Gasteiger charge is 2.47. The molecule has 1 fully saturated rings. The number of benzene rings is 1. The Morgan fingerprint density at radius 3 is 2.67 bits per heavy atom. The lowest BCUT2D eigenvalue weighted by Crippen LogP contribution is -2.66. The van der Waals surface area contributed by atoms with E-state index in [-0.39, 0.29) is 5.91 Å². The molecule has 0 N–H and O–H groups in total. The number of hydrogen-bond donors (Lipinski definition) is 0. The van der Waals surface area contributed by atoms with Crippen LogP contribution in [0.3, 0.4) is 0 Å². The van der Waals surface area contributed by atoms with Crippen LogP contribution in [0, 0.1) is 0 Å². The molecule has 0 saturated carbocycles. The number of hydrogen-bond acceptors (Lipinski definition) is 3. The first-order valence-electron chi connectivity index (χ1n) is 5.80. The molecule has 0 unspecified atom stereocenters. The predicted octanol–water partition coefficient (Wildman–Crippen LogP) is 1.17. The van der Waals surface area contributed by atoms with Gasteiger partial charge in [0.2, 0.25) is 0 Å². The Hall–Kier alpha value is -1.94. The van der Waals surface area contributed by atoms with Crippen LogP contribution < -0.4 is 0 Å². The molecule has 1 aliphatic rings. The van der Waals surface area contributed by atoms with Crippen molar-refractivity contribution in [2.24, 2.45) is 0 Å². The van der Waals surface area contributed by atoms with Crippen molar-refractivity contribution in [2.75, 3.05) is 6.54 Å². The van der Waals surface area contributed by atoms with Crippen molar-refractivity contribution in [1.82, 2.24) is 4.90 Å². The SMILES string of the molecule is C=CCN1C(=O)[C@H](OCc2ccccc2)[C@@H]1C=O. The van der Waals surface area contributed by atoms with Crippen molar-refractivity contribution >= 4 is 12.2 Å². The van der Waals surface area contributed by atoms with Crippen molar-refractivity contribution in [3.8, 4) is 0 Å². The molecule has 1 heterocycles. The van der Waals surface area contributed by atoms with E-state index >= 15 is 0 Å². The van der Waals surface area contributed by atoms with Crippen LogP contribution in [-0.4, -0.2) is 35.8 Å². The summed E-state index contributed by atoms with van der Waals surface area (Å²) >= 11 is 0. The van der Waals surface area contributed by atoms with Crippen molar-refractivity contribution in [2.45, 2.75) is 18.8 Å². The Kier molecular flexibility index (Phi) is 3.89. The van der Waals surface area contributed by atoms with Gasteiger partial charge in [-0.15, -0.1) is 6.58 Å². The second-order valence-electron chi connectivity index (χ2n) is 4.12. The molecular formula is C14H15NO3. The minimum atomic E-state index is -0.650. The van der Waals surface area contributed by atoms with Crippen molar-refractivity contribution in [1.29, 1.82) is 0 Å². The summed E-state index contributed by atoms with van der Waals surface area (Å²) in [5.74, 6) is -0.150. The molecule has 0 bridgehead atoms.